The number of carbonyl (C=O) groups excluding carboxylic acids is 1. The smallest absolute Gasteiger partial charge is 0.189 e. The van der Waals surface area contributed by atoms with Gasteiger partial charge in [-0.25, -0.2) is 0 Å². The van der Waals surface area contributed by atoms with Crippen LogP contribution in [-0.4, -0.2) is 23.6 Å². The molecule has 0 spiro atoms. The summed E-state index contributed by atoms with van der Waals surface area (Å²) >= 11 is 1.53. The van der Waals surface area contributed by atoms with E-state index in [1.54, 1.807) is 30.6 Å². The zero-order chi connectivity index (χ0) is 11.1. The second-order valence-corrected chi connectivity index (χ2v) is 3.70. The lowest BCUT2D eigenvalue weighted by atomic mass is 10.2. The number of allylic oxidation sites excluding steroid dienone is 1. The Balaban J connectivity index is 2.77. The third-order valence-electron chi connectivity index (χ3n) is 1.78. The van der Waals surface area contributed by atoms with E-state index in [2.05, 4.69) is 10.3 Å². The minimum Gasteiger partial charge on any atom is -0.380 e. The van der Waals surface area contributed by atoms with Crippen molar-refractivity contribution in [2.45, 2.75) is 6.92 Å². The maximum absolute atomic E-state index is 11.7. The lowest BCUT2D eigenvalue weighted by Gasteiger charge is -2.04. The second-order valence-electron chi connectivity index (χ2n) is 2.85. The number of aromatic nitrogens is 1. The van der Waals surface area contributed by atoms with Gasteiger partial charge >= 0.3 is 0 Å². The van der Waals surface area contributed by atoms with Crippen molar-refractivity contribution in [2.75, 3.05) is 12.8 Å². The number of nitrogens with one attached hydrogen (secondary N) is 1. The Hall–Kier alpha value is -1.29. The van der Waals surface area contributed by atoms with Gasteiger partial charge in [0, 0.05) is 30.6 Å². The molecule has 0 amide bonds. The van der Waals surface area contributed by atoms with Crippen LogP contribution in [-0.2, 0) is 0 Å². The summed E-state index contributed by atoms with van der Waals surface area (Å²) in [7, 11) is 0. The molecule has 0 aromatic carbocycles. The van der Waals surface area contributed by atoms with Crippen molar-refractivity contribution in [1.82, 2.24) is 10.3 Å². The van der Waals surface area contributed by atoms with Crippen LogP contribution in [0.1, 0.15) is 17.3 Å². The molecule has 0 aliphatic carbocycles. The van der Waals surface area contributed by atoms with Crippen molar-refractivity contribution in [1.29, 1.82) is 0 Å². The van der Waals surface area contributed by atoms with Crippen LogP contribution in [0.4, 0.5) is 0 Å². The third-order valence-corrected chi connectivity index (χ3v) is 2.48. The van der Waals surface area contributed by atoms with Crippen LogP contribution in [0.5, 0.6) is 0 Å². The van der Waals surface area contributed by atoms with Gasteiger partial charge in [0.25, 0.3) is 0 Å². The van der Waals surface area contributed by atoms with Crippen molar-refractivity contribution in [2.24, 2.45) is 0 Å². The molecule has 0 aliphatic heterocycles. The van der Waals surface area contributed by atoms with Crippen LogP contribution in [0.25, 0.3) is 0 Å². The minimum atomic E-state index is -0.0200. The fourth-order valence-electron chi connectivity index (χ4n) is 1.07. The quantitative estimate of drug-likeness (QED) is 0.612. The standard InChI is InChI=1S/C11H14N2OS/c1-3-13-11(15-2)7-10(14)9-5-4-6-12-8-9/h4-8,13H,3H2,1-2H3/b11-7-. The molecule has 0 aliphatic rings. The molecule has 1 aromatic rings. The Labute approximate surface area is 94.0 Å². The van der Waals surface area contributed by atoms with E-state index in [4.69, 9.17) is 0 Å². The first kappa shape index (κ1) is 11.8. The van der Waals surface area contributed by atoms with E-state index >= 15 is 0 Å². The minimum absolute atomic E-state index is 0.0200. The maximum atomic E-state index is 11.7. The van der Waals surface area contributed by atoms with Gasteiger partial charge in [-0.1, -0.05) is 0 Å². The molecule has 1 heterocycles. The first-order valence-electron chi connectivity index (χ1n) is 4.71. The van der Waals surface area contributed by atoms with Gasteiger partial charge in [0.2, 0.25) is 0 Å². The van der Waals surface area contributed by atoms with Gasteiger partial charge in [-0.2, -0.15) is 0 Å². The number of nitrogens with zero attached hydrogens (tertiary/aromatic N) is 1. The molecule has 1 rings (SSSR count). The summed E-state index contributed by atoms with van der Waals surface area (Å²) in [5, 5.41) is 4.00. The first-order valence-corrected chi connectivity index (χ1v) is 5.94. The molecule has 0 saturated heterocycles. The van der Waals surface area contributed by atoms with Gasteiger partial charge < -0.3 is 5.32 Å². The van der Waals surface area contributed by atoms with Gasteiger partial charge in [-0.3, -0.25) is 9.78 Å². The lowest BCUT2D eigenvalue weighted by molar-refractivity contribution is 0.104. The molecule has 0 saturated carbocycles. The largest absolute Gasteiger partial charge is 0.380 e. The number of rotatable bonds is 5. The van der Waals surface area contributed by atoms with Crippen molar-refractivity contribution in [3.63, 3.8) is 0 Å². The molecule has 80 valence electrons. The molecule has 3 nitrogen and oxygen atoms in total. The van der Waals surface area contributed by atoms with E-state index in [-0.39, 0.29) is 5.78 Å². The zero-order valence-corrected chi connectivity index (χ0v) is 9.67. The van der Waals surface area contributed by atoms with Crippen LogP contribution in [0.15, 0.2) is 35.6 Å². The predicted molar refractivity (Wildman–Crippen MR) is 63.8 cm³/mol. The van der Waals surface area contributed by atoms with Gasteiger partial charge in [0.15, 0.2) is 5.78 Å². The van der Waals surface area contributed by atoms with Crippen LogP contribution in [0.2, 0.25) is 0 Å². The van der Waals surface area contributed by atoms with Crippen LogP contribution in [0.3, 0.4) is 0 Å². The number of carbonyl (C=O) groups is 1. The van der Waals surface area contributed by atoms with Gasteiger partial charge in [0.05, 0.1) is 5.03 Å². The average Bonchev–Trinajstić information content (AvgIpc) is 2.29. The summed E-state index contributed by atoms with van der Waals surface area (Å²) in [5.74, 6) is -0.0200. The van der Waals surface area contributed by atoms with E-state index in [1.807, 2.05) is 13.2 Å². The molecular weight excluding hydrogens is 208 g/mol. The van der Waals surface area contributed by atoms with Crippen molar-refractivity contribution in [3.05, 3.63) is 41.2 Å². The average molecular weight is 222 g/mol. The molecule has 1 aromatic heterocycles. The monoisotopic (exact) mass is 222 g/mol. The third kappa shape index (κ3) is 3.75. The highest BCUT2D eigenvalue weighted by Crippen LogP contribution is 2.09. The van der Waals surface area contributed by atoms with Gasteiger partial charge in [-0.05, 0) is 25.3 Å². The van der Waals surface area contributed by atoms with Crippen molar-refractivity contribution < 1.29 is 4.79 Å². The Morgan fingerprint density at radius 3 is 3.00 bits per heavy atom. The van der Waals surface area contributed by atoms with E-state index in [1.165, 1.54) is 11.8 Å². The lowest BCUT2D eigenvalue weighted by Crippen LogP contribution is -2.11. The summed E-state index contributed by atoms with van der Waals surface area (Å²) in [6, 6.07) is 3.52. The normalized spacial score (nSPS) is 11.2. The first-order chi connectivity index (χ1) is 7.27. The summed E-state index contributed by atoms with van der Waals surface area (Å²) in [6.07, 6.45) is 6.76. The molecule has 4 heteroatoms. The Morgan fingerprint density at radius 2 is 2.47 bits per heavy atom. The number of ketones is 1. The van der Waals surface area contributed by atoms with Crippen molar-refractivity contribution >= 4 is 17.5 Å². The molecule has 0 bridgehead atoms. The number of hydrogen-bond donors (Lipinski definition) is 1. The second kappa shape index (κ2) is 6.24. The Kier molecular flexibility index (Phi) is 4.90. The molecule has 0 fully saturated rings. The molecule has 1 N–H and O–H groups in total. The topological polar surface area (TPSA) is 42.0 Å². The SMILES string of the molecule is CCN/C(=C/C(=O)c1cccnc1)SC. The Bertz CT molecular complexity index is 349. The number of pyridine rings is 1. The van der Waals surface area contributed by atoms with E-state index in [0.29, 0.717) is 5.56 Å². The maximum Gasteiger partial charge on any atom is 0.189 e. The molecule has 15 heavy (non-hydrogen) atoms. The summed E-state index contributed by atoms with van der Waals surface area (Å²) < 4.78 is 0. The Morgan fingerprint density at radius 1 is 1.67 bits per heavy atom. The fraction of sp³-hybridized carbons (Fsp3) is 0.273. The van der Waals surface area contributed by atoms with Gasteiger partial charge in [-0.15, -0.1) is 11.8 Å². The summed E-state index contributed by atoms with van der Waals surface area (Å²) in [5.41, 5.74) is 0.613. The van der Waals surface area contributed by atoms with Gasteiger partial charge in [0.1, 0.15) is 0 Å². The van der Waals surface area contributed by atoms with E-state index in [9.17, 15) is 4.79 Å². The number of hydrogen-bond acceptors (Lipinski definition) is 4. The highest BCUT2D eigenvalue weighted by Gasteiger charge is 2.03. The van der Waals surface area contributed by atoms with Crippen molar-refractivity contribution in [3.8, 4) is 0 Å². The van der Waals surface area contributed by atoms with E-state index in [0.717, 1.165) is 11.6 Å². The molecule has 0 radical (unpaired) electrons. The van der Waals surface area contributed by atoms with Crippen LogP contribution >= 0.6 is 11.8 Å². The summed E-state index contributed by atoms with van der Waals surface area (Å²) in [4.78, 5) is 15.6. The zero-order valence-electron chi connectivity index (χ0n) is 8.86. The highest BCUT2D eigenvalue weighted by molar-refractivity contribution is 8.02. The summed E-state index contributed by atoms with van der Waals surface area (Å²) in [6.45, 7) is 2.81. The van der Waals surface area contributed by atoms with Crippen LogP contribution in [0, 0.1) is 0 Å². The fourth-order valence-corrected chi connectivity index (χ4v) is 1.58. The highest BCUT2D eigenvalue weighted by atomic mass is 32.2. The predicted octanol–water partition coefficient (Wildman–Crippen LogP) is 2.08. The molecule has 0 atom stereocenters. The number of thioether (sulfide) groups is 1. The van der Waals surface area contributed by atoms with Crippen LogP contribution < -0.4 is 5.32 Å². The molecule has 0 unspecified atom stereocenters. The van der Waals surface area contributed by atoms with E-state index < -0.39 is 0 Å². The molecular formula is C11H14N2OS.